The summed E-state index contributed by atoms with van der Waals surface area (Å²) in [5.74, 6) is -0.537. The minimum absolute atomic E-state index is 0.0167. The van der Waals surface area contributed by atoms with Crippen molar-refractivity contribution in [3.63, 3.8) is 0 Å². The van der Waals surface area contributed by atoms with Crippen LogP contribution in [0.1, 0.15) is 17.2 Å². The summed E-state index contributed by atoms with van der Waals surface area (Å²) < 4.78 is 44.8. The lowest BCUT2D eigenvalue weighted by Crippen LogP contribution is -2.36. The Bertz CT molecular complexity index is 1120. The van der Waals surface area contributed by atoms with Crippen molar-refractivity contribution in [2.45, 2.75) is 12.2 Å². The second-order valence-corrected chi connectivity index (χ2v) is 8.22. The number of halogens is 4. The minimum atomic E-state index is -4.55. The van der Waals surface area contributed by atoms with Gasteiger partial charge in [-0.15, -0.1) is 0 Å². The van der Waals surface area contributed by atoms with E-state index in [-0.39, 0.29) is 10.7 Å². The van der Waals surface area contributed by atoms with Gasteiger partial charge in [-0.3, -0.25) is 4.79 Å². The number of hydrogen-bond donors (Lipinski definition) is 2. The summed E-state index contributed by atoms with van der Waals surface area (Å²) in [6.45, 7) is 2.96. The summed E-state index contributed by atoms with van der Waals surface area (Å²) in [5, 5.41) is 5.76. The predicted octanol–water partition coefficient (Wildman–Crippen LogP) is 5.99. The fraction of sp³-hybridized carbons (Fsp3) is 0.240. The minimum Gasteiger partial charge on any atom is -0.378 e. The number of hydrogen-bond acceptors (Lipinski definition) is 4. The molecule has 1 atom stereocenters. The molecule has 3 aromatic rings. The highest BCUT2D eigenvalue weighted by Crippen LogP contribution is 2.34. The summed E-state index contributed by atoms with van der Waals surface area (Å²) in [5.41, 5.74) is 1.39. The van der Waals surface area contributed by atoms with Crippen LogP contribution in [0.25, 0.3) is 0 Å². The van der Waals surface area contributed by atoms with Crippen LogP contribution in [-0.4, -0.2) is 32.2 Å². The zero-order chi connectivity index (χ0) is 24.1. The maximum atomic E-state index is 13.2. The first kappa shape index (κ1) is 23.9. The van der Waals surface area contributed by atoms with Crippen LogP contribution < -0.4 is 15.5 Å². The molecule has 3 aromatic carbocycles. The molecule has 4 rings (SSSR count). The maximum absolute atomic E-state index is 13.2. The Morgan fingerprint density at radius 2 is 1.65 bits per heavy atom. The van der Waals surface area contributed by atoms with E-state index in [1.807, 2.05) is 30.3 Å². The highest BCUT2D eigenvalue weighted by molar-refractivity contribution is 6.33. The average Bonchev–Trinajstić information content (AvgIpc) is 2.84. The molecule has 0 radical (unpaired) electrons. The highest BCUT2D eigenvalue weighted by Gasteiger charge is 2.31. The summed E-state index contributed by atoms with van der Waals surface area (Å²) in [7, 11) is 0. The van der Waals surface area contributed by atoms with Gasteiger partial charge in [-0.2, -0.15) is 13.2 Å². The summed E-state index contributed by atoms with van der Waals surface area (Å²) in [6, 6.07) is 18.5. The number of benzene rings is 3. The number of nitrogens with zero attached hydrogens (tertiary/aromatic N) is 1. The second-order valence-electron chi connectivity index (χ2n) is 7.82. The second kappa shape index (κ2) is 10.4. The molecule has 1 fully saturated rings. The summed E-state index contributed by atoms with van der Waals surface area (Å²) in [4.78, 5) is 15.4. The predicted molar refractivity (Wildman–Crippen MR) is 127 cm³/mol. The van der Waals surface area contributed by atoms with E-state index in [1.54, 1.807) is 24.3 Å². The van der Waals surface area contributed by atoms with Crippen molar-refractivity contribution in [3.8, 4) is 0 Å². The van der Waals surface area contributed by atoms with Gasteiger partial charge < -0.3 is 20.3 Å². The number of morpholine rings is 1. The van der Waals surface area contributed by atoms with Gasteiger partial charge in [0.2, 0.25) is 0 Å². The lowest BCUT2D eigenvalue weighted by atomic mass is 10.1. The zero-order valence-corrected chi connectivity index (χ0v) is 18.9. The largest absolute Gasteiger partial charge is 0.416 e. The Morgan fingerprint density at radius 1 is 0.971 bits per heavy atom. The van der Waals surface area contributed by atoms with Crippen LogP contribution in [0.4, 0.5) is 30.2 Å². The van der Waals surface area contributed by atoms with Crippen molar-refractivity contribution in [2.24, 2.45) is 0 Å². The van der Waals surface area contributed by atoms with E-state index in [2.05, 4.69) is 15.5 Å². The van der Waals surface area contributed by atoms with E-state index in [0.29, 0.717) is 24.5 Å². The lowest BCUT2D eigenvalue weighted by Gasteiger charge is -2.29. The number of nitrogens with one attached hydrogen (secondary N) is 2. The first-order valence-corrected chi connectivity index (χ1v) is 11.1. The molecule has 0 spiro atoms. The molecule has 5 nitrogen and oxygen atoms in total. The van der Waals surface area contributed by atoms with Crippen LogP contribution in [0.3, 0.4) is 0 Å². The molecular formula is C25H23ClF3N3O2. The molecule has 0 aromatic heterocycles. The van der Waals surface area contributed by atoms with E-state index in [0.717, 1.165) is 37.0 Å². The van der Waals surface area contributed by atoms with Gasteiger partial charge in [-0.25, -0.2) is 0 Å². The SMILES string of the molecule is O=C(Nc1cc(C(F)(F)F)ccc1Cl)[C@H](Nc1ccc(N2CCOCC2)cc1)c1ccccc1. The molecule has 0 aliphatic carbocycles. The van der Waals surface area contributed by atoms with E-state index < -0.39 is 23.7 Å². The van der Waals surface area contributed by atoms with E-state index >= 15 is 0 Å². The van der Waals surface area contributed by atoms with E-state index in [1.165, 1.54) is 0 Å². The standard InChI is InChI=1S/C25H23ClF3N3O2/c26-21-11-6-18(25(27,28)29)16-22(21)31-24(33)23(17-4-2-1-3-5-17)30-19-7-9-20(10-8-19)32-12-14-34-15-13-32/h1-11,16,23,30H,12-15H2,(H,31,33)/t23-/m1/s1. The van der Waals surface area contributed by atoms with Crippen molar-refractivity contribution >= 4 is 34.6 Å². The number of rotatable bonds is 6. The Balaban J connectivity index is 1.56. The Hall–Kier alpha value is -3.23. The molecule has 9 heteroatoms. The van der Waals surface area contributed by atoms with E-state index in [4.69, 9.17) is 16.3 Å². The van der Waals surface area contributed by atoms with Crippen LogP contribution in [0.5, 0.6) is 0 Å². The fourth-order valence-electron chi connectivity index (χ4n) is 3.70. The summed E-state index contributed by atoms with van der Waals surface area (Å²) >= 11 is 6.08. The summed E-state index contributed by atoms with van der Waals surface area (Å²) in [6.07, 6.45) is -4.55. The van der Waals surface area contributed by atoms with Crippen LogP contribution >= 0.6 is 11.6 Å². The monoisotopic (exact) mass is 489 g/mol. The van der Waals surface area contributed by atoms with Gasteiger partial charge in [0.15, 0.2) is 0 Å². The zero-order valence-electron chi connectivity index (χ0n) is 18.1. The van der Waals surface area contributed by atoms with Crippen LogP contribution in [0.15, 0.2) is 72.8 Å². The first-order chi connectivity index (χ1) is 16.3. The molecule has 34 heavy (non-hydrogen) atoms. The smallest absolute Gasteiger partial charge is 0.378 e. The number of carbonyl (C=O) groups excluding carboxylic acids is 1. The van der Waals surface area contributed by atoms with Gasteiger partial charge in [0.25, 0.3) is 5.91 Å². The number of carbonyl (C=O) groups is 1. The van der Waals surface area contributed by atoms with E-state index in [9.17, 15) is 18.0 Å². The molecular weight excluding hydrogens is 467 g/mol. The van der Waals surface area contributed by atoms with Crippen LogP contribution in [0.2, 0.25) is 5.02 Å². The number of alkyl halides is 3. The average molecular weight is 490 g/mol. The van der Waals surface area contributed by atoms with Crippen molar-refractivity contribution in [3.05, 3.63) is 88.9 Å². The molecule has 1 saturated heterocycles. The Morgan fingerprint density at radius 3 is 2.29 bits per heavy atom. The van der Waals surface area contributed by atoms with Crippen LogP contribution in [-0.2, 0) is 15.7 Å². The lowest BCUT2D eigenvalue weighted by molar-refractivity contribution is -0.137. The first-order valence-electron chi connectivity index (χ1n) is 10.7. The van der Waals surface area contributed by atoms with Gasteiger partial charge in [-0.1, -0.05) is 41.9 Å². The molecule has 1 heterocycles. The van der Waals surface area contributed by atoms with Gasteiger partial charge in [0.05, 0.1) is 29.5 Å². The van der Waals surface area contributed by atoms with Crippen molar-refractivity contribution in [1.82, 2.24) is 0 Å². The molecule has 1 aliphatic heterocycles. The van der Waals surface area contributed by atoms with Gasteiger partial charge in [0.1, 0.15) is 6.04 Å². The number of amides is 1. The van der Waals surface area contributed by atoms with Crippen molar-refractivity contribution in [2.75, 3.05) is 41.8 Å². The van der Waals surface area contributed by atoms with Gasteiger partial charge in [0, 0.05) is 24.5 Å². The quantitative estimate of drug-likeness (QED) is 0.447. The normalized spacial score (nSPS) is 15.0. The Kier molecular flexibility index (Phi) is 7.29. The third-order valence-electron chi connectivity index (χ3n) is 5.50. The van der Waals surface area contributed by atoms with Crippen LogP contribution in [0, 0.1) is 0 Å². The maximum Gasteiger partial charge on any atom is 0.416 e. The molecule has 2 N–H and O–H groups in total. The number of anilines is 3. The third kappa shape index (κ3) is 5.81. The Labute approximate surface area is 200 Å². The molecule has 178 valence electrons. The molecule has 0 unspecified atom stereocenters. The topological polar surface area (TPSA) is 53.6 Å². The van der Waals surface area contributed by atoms with Gasteiger partial charge in [-0.05, 0) is 48.0 Å². The highest BCUT2D eigenvalue weighted by atomic mass is 35.5. The van der Waals surface area contributed by atoms with Crippen molar-refractivity contribution in [1.29, 1.82) is 0 Å². The molecule has 0 bridgehead atoms. The van der Waals surface area contributed by atoms with Gasteiger partial charge >= 0.3 is 6.18 Å². The fourth-order valence-corrected chi connectivity index (χ4v) is 3.87. The molecule has 1 aliphatic rings. The number of ether oxygens (including phenoxy) is 1. The third-order valence-corrected chi connectivity index (χ3v) is 5.83. The molecule has 1 amide bonds. The molecule has 0 saturated carbocycles. The van der Waals surface area contributed by atoms with Crippen molar-refractivity contribution < 1.29 is 22.7 Å².